The molecule has 0 spiro atoms. The molecule has 100 valence electrons. The molecular formula is C13H14N2O4. The number of carbonyl (C=O) groups is 2. The molecule has 2 aliphatic heterocycles. The first-order valence-corrected chi connectivity index (χ1v) is 6.08. The molecule has 0 aliphatic carbocycles. The first-order valence-electron chi connectivity index (χ1n) is 6.08. The quantitative estimate of drug-likeness (QED) is 0.857. The van der Waals surface area contributed by atoms with E-state index in [2.05, 4.69) is 5.32 Å². The van der Waals surface area contributed by atoms with Crippen molar-refractivity contribution in [3.05, 3.63) is 18.2 Å². The van der Waals surface area contributed by atoms with E-state index >= 15 is 0 Å². The van der Waals surface area contributed by atoms with Crippen LogP contribution in [0.25, 0.3) is 0 Å². The van der Waals surface area contributed by atoms with Gasteiger partial charge in [0.25, 0.3) is 0 Å². The van der Waals surface area contributed by atoms with Crippen LogP contribution in [0, 0.1) is 5.92 Å². The molecule has 1 aromatic carbocycles. The summed E-state index contributed by atoms with van der Waals surface area (Å²) < 4.78 is 10.4. The summed E-state index contributed by atoms with van der Waals surface area (Å²) in [6, 6.07) is 5.23. The van der Waals surface area contributed by atoms with E-state index in [-0.39, 0.29) is 30.9 Å². The maximum Gasteiger partial charge on any atom is 0.231 e. The smallest absolute Gasteiger partial charge is 0.231 e. The van der Waals surface area contributed by atoms with Crippen LogP contribution < -0.4 is 14.8 Å². The summed E-state index contributed by atoms with van der Waals surface area (Å²) in [5.41, 5.74) is 0.649. The number of nitrogens with one attached hydrogen (secondary N) is 1. The van der Waals surface area contributed by atoms with E-state index in [0.717, 1.165) is 0 Å². The number of anilines is 1. The number of hydrogen-bond donors (Lipinski definition) is 1. The minimum atomic E-state index is -0.289. The SMILES string of the molecule is CN1CC(C(=O)Nc2ccc3c(c2)OCO3)CC1=O. The molecule has 1 atom stereocenters. The molecule has 0 saturated carbocycles. The van der Waals surface area contributed by atoms with Gasteiger partial charge in [0, 0.05) is 31.8 Å². The van der Waals surface area contributed by atoms with Gasteiger partial charge < -0.3 is 19.7 Å². The van der Waals surface area contributed by atoms with Gasteiger partial charge in [-0.1, -0.05) is 0 Å². The van der Waals surface area contributed by atoms with Crippen molar-refractivity contribution in [2.24, 2.45) is 5.92 Å². The minimum absolute atomic E-state index is 0.00540. The van der Waals surface area contributed by atoms with E-state index in [0.29, 0.717) is 23.7 Å². The van der Waals surface area contributed by atoms with Crippen molar-refractivity contribution in [1.29, 1.82) is 0 Å². The molecule has 3 rings (SSSR count). The van der Waals surface area contributed by atoms with Crippen LogP contribution in [-0.4, -0.2) is 37.1 Å². The molecule has 0 bridgehead atoms. The zero-order chi connectivity index (χ0) is 13.4. The number of carbonyl (C=O) groups excluding carboxylic acids is 2. The van der Waals surface area contributed by atoms with Crippen LogP contribution in [0.3, 0.4) is 0 Å². The lowest BCUT2D eigenvalue weighted by Crippen LogP contribution is -2.25. The third-order valence-electron chi connectivity index (χ3n) is 3.35. The van der Waals surface area contributed by atoms with Crippen molar-refractivity contribution in [2.45, 2.75) is 6.42 Å². The molecule has 2 amide bonds. The summed E-state index contributed by atoms with van der Waals surface area (Å²) in [6.07, 6.45) is 0.271. The molecule has 1 fully saturated rings. The third-order valence-corrected chi connectivity index (χ3v) is 3.35. The Hall–Kier alpha value is -2.24. The van der Waals surface area contributed by atoms with E-state index in [9.17, 15) is 9.59 Å². The highest BCUT2D eigenvalue weighted by molar-refractivity contribution is 5.97. The third kappa shape index (κ3) is 2.21. The van der Waals surface area contributed by atoms with Gasteiger partial charge in [-0.25, -0.2) is 0 Å². The molecule has 2 heterocycles. The molecule has 1 N–H and O–H groups in total. The summed E-state index contributed by atoms with van der Waals surface area (Å²) >= 11 is 0. The second kappa shape index (κ2) is 4.46. The first-order chi connectivity index (χ1) is 9.13. The maximum atomic E-state index is 12.0. The van der Waals surface area contributed by atoms with Gasteiger partial charge in [0.1, 0.15) is 0 Å². The van der Waals surface area contributed by atoms with Crippen LogP contribution in [-0.2, 0) is 9.59 Å². The largest absolute Gasteiger partial charge is 0.454 e. The highest BCUT2D eigenvalue weighted by Gasteiger charge is 2.32. The summed E-state index contributed by atoms with van der Waals surface area (Å²) in [4.78, 5) is 25.0. The fourth-order valence-electron chi connectivity index (χ4n) is 2.26. The number of likely N-dealkylation sites (tertiary alicyclic amines) is 1. The van der Waals surface area contributed by atoms with Crippen molar-refractivity contribution >= 4 is 17.5 Å². The molecule has 6 nitrogen and oxygen atoms in total. The Morgan fingerprint density at radius 3 is 2.89 bits per heavy atom. The van der Waals surface area contributed by atoms with Crippen molar-refractivity contribution in [3.8, 4) is 11.5 Å². The van der Waals surface area contributed by atoms with Gasteiger partial charge in [0.05, 0.1) is 5.92 Å². The van der Waals surface area contributed by atoms with E-state index in [1.807, 2.05) is 0 Å². The van der Waals surface area contributed by atoms with Crippen molar-refractivity contribution in [2.75, 3.05) is 25.7 Å². The fourth-order valence-corrected chi connectivity index (χ4v) is 2.26. The van der Waals surface area contributed by atoms with Crippen LogP contribution in [0.1, 0.15) is 6.42 Å². The van der Waals surface area contributed by atoms with Crippen molar-refractivity contribution in [3.63, 3.8) is 0 Å². The van der Waals surface area contributed by atoms with Crippen LogP contribution in [0.15, 0.2) is 18.2 Å². The number of ether oxygens (including phenoxy) is 2. The maximum absolute atomic E-state index is 12.0. The van der Waals surface area contributed by atoms with Gasteiger partial charge in [0.2, 0.25) is 18.6 Å². The van der Waals surface area contributed by atoms with E-state index in [1.165, 1.54) is 0 Å². The van der Waals surface area contributed by atoms with Gasteiger partial charge in [-0.15, -0.1) is 0 Å². The lowest BCUT2D eigenvalue weighted by atomic mass is 10.1. The number of benzene rings is 1. The molecule has 0 radical (unpaired) electrons. The number of fused-ring (bicyclic) bond motifs is 1. The molecular weight excluding hydrogens is 248 g/mol. The van der Waals surface area contributed by atoms with Crippen LogP contribution in [0.5, 0.6) is 11.5 Å². The number of hydrogen-bond acceptors (Lipinski definition) is 4. The van der Waals surface area contributed by atoms with Gasteiger partial charge in [0.15, 0.2) is 11.5 Å². The summed E-state index contributed by atoms with van der Waals surface area (Å²) in [7, 11) is 1.70. The fraction of sp³-hybridized carbons (Fsp3) is 0.385. The Labute approximate surface area is 110 Å². The average Bonchev–Trinajstić information content (AvgIpc) is 2.96. The van der Waals surface area contributed by atoms with Crippen LogP contribution >= 0.6 is 0 Å². The molecule has 0 aromatic heterocycles. The Bertz CT molecular complexity index is 543. The molecule has 6 heteroatoms. The van der Waals surface area contributed by atoms with Gasteiger partial charge >= 0.3 is 0 Å². The lowest BCUT2D eigenvalue weighted by Gasteiger charge is -2.11. The highest BCUT2D eigenvalue weighted by atomic mass is 16.7. The molecule has 1 saturated heterocycles. The second-order valence-electron chi connectivity index (χ2n) is 4.73. The zero-order valence-corrected chi connectivity index (χ0v) is 10.5. The topological polar surface area (TPSA) is 67.9 Å². The van der Waals surface area contributed by atoms with Crippen LogP contribution in [0.4, 0.5) is 5.69 Å². The predicted octanol–water partition coefficient (Wildman–Crippen LogP) is 0.832. The summed E-state index contributed by atoms with van der Waals surface area (Å²) in [5, 5.41) is 2.80. The summed E-state index contributed by atoms with van der Waals surface area (Å²) in [6.45, 7) is 0.671. The second-order valence-corrected chi connectivity index (χ2v) is 4.73. The predicted molar refractivity (Wildman–Crippen MR) is 66.9 cm³/mol. The van der Waals surface area contributed by atoms with Gasteiger partial charge in [-0.2, -0.15) is 0 Å². The van der Waals surface area contributed by atoms with Gasteiger partial charge in [-0.05, 0) is 12.1 Å². The Morgan fingerprint density at radius 2 is 2.16 bits per heavy atom. The summed E-state index contributed by atoms with van der Waals surface area (Å²) in [5.74, 6) is 0.872. The molecule has 19 heavy (non-hydrogen) atoms. The Balaban J connectivity index is 1.68. The molecule has 1 aromatic rings. The van der Waals surface area contributed by atoms with E-state index < -0.39 is 0 Å². The number of rotatable bonds is 2. The average molecular weight is 262 g/mol. The lowest BCUT2D eigenvalue weighted by molar-refractivity contribution is -0.127. The van der Waals surface area contributed by atoms with Crippen molar-refractivity contribution in [1.82, 2.24) is 4.90 Å². The van der Waals surface area contributed by atoms with Crippen molar-refractivity contribution < 1.29 is 19.1 Å². The molecule has 2 aliphatic rings. The minimum Gasteiger partial charge on any atom is -0.454 e. The van der Waals surface area contributed by atoms with Gasteiger partial charge in [-0.3, -0.25) is 9.59 Å². The first kappa shape index (κ1) is 11.8. The molecule has 1 unspecified atom stereocenters. The zero-order valence-electron chi connectivity index (χ0n) is 10.5. The standard InChI is InChI=1S/C13H14N2O4/c1-15-6-8(4-12(15)16)13(17)14-9-2-3-10-11(5-9)19-7-18-10/h2-3,5,8H,4,6-7H2,1H3,(H,14,17). The Kier molecular flexibility index (Phi) is 2.77. The van der Waals surface area contributed by atoms with E-state index in [1.54, 1.807) is 30.1 Å². The highest BCUT2D eigenvalue weighted by Crippen LogP contribution is 2.34. The monoisotopic (exact) mass is 262 g/mol. The van der Waals surface area contributed by atoms with E-state index in [4.69, 9.17) is 9.47 Å². The number of nitrogens with zero attached hydrogens (tertiary/aromatic N) is 1. The Morgan fingerprint density at radius 1 is 1.37 bits per heavy atom. The normalized spacial score (nSPS) is 20.8. The van der Waals surface area contributed by atoms with Crippen LogP contribution in [0.2, 0.25) is 0 Å². The number of amides is 2.